The van der Waals surface area contributed by atoms with Gasteiger partial charge in [-0.2, -0.15) is 0 Å². The number of thiophene rings is 1. The predicted octanol–water partition coefficient (Wildman–Crippen LogP) is 4.82. The summed E-state index contributed by atoms with van der Waals surface area (Å²) in [7, 11) is -3.33. The summed E-state index contributed by atoms with van der Waals surface area (Å²) >= 11 is 1.22. The molecular weight excluding hydrogens is 418 g/mol. The van der Waals surface area contributed by atoms with Crippen molar-refractivity contribution >= 4 is 27.3 Å². The smallest absolute Gasteiger partial charge is 0.346 e. The Kier molecular flexibility index (Phi) is 6.04. The zero-order chi connectivity index (χ0) is 21.1. The number of hydrogen-bond donors (Lipinski definition) is 1. The molecule has 1 saturated heterocycles. The van der Waals surface area contributed by atoms with Crippen molar-refractivity contribution in [3.63, 3.8) is 0 Å². The summed E-state index contributed by atoms with van der Waals surface area (Å²) in [6.45, 7) is 1.01. The molecule has 0 radical (unpaired) electrons. The van der Waals surface area contributed by atoms with E-state index < -0.39 is 16.0 Å². The zero-order valence-corrected chi connectivity index (χ0v) is 18.0. The van der Waals surface area contributed by atoms with E-state index in [0.717, 1.165) is 35.1 Å². The number of aromatic carboxylic acids is 1. The Labute approximate surface area is 180 Å². The number of hydrogen-bond acceptors (Lipinski definition) is 4. The van der Waals surface area contributed by atoms with Crippen LogP contribution in [0.4, 0.5) is 0 Å². The molecule has 2 aromatic carbocycles. The molecule has 0 unspecified atom stereocenters. The fourth-order valence-corrected chi connectivity index (χ4v) is 6.32. The number of rotatable bonds is 6. The maximum atomic E-state index is 12.8. The molecule has 1 N–H and O–H groups in total. The van der Waals surface area contributed by atoms with Crippen molar-refractivity contribution < 1.29 is 18.3 Å². The van der Waals surface area contributed by atoms with E-state index in [4.69, 9.17) is 0 Å². The van der Waals surface area contributed by atoms with E-state index in [1.54, 1.807) is 9.69 Å². The van der Waals surface area contributed by atoms with E-state index in [-0.39, 0.29) is 11.7 Å². The van der Waals surface area contributed by atoms with Crippen LogP contribution in [0.2, 0.25) is 0 Å². The van der Waals surface area contributed by atoms with Gasteiger partial charge >= 0.3 is 5.97 Å². The van der Waals surface area contributed by atoms with Crippen molar-refractivity contribution in [2.24, 2.45) is 0 Å². The second-order valence-electron chi connectivity index (χ2n) is 7.51. The Bertz CT molecular complexity index is 1130. The van der Waals surface area contributed by atoms with Gasteiger partial charge < -0.3 is 5.11 Å². The topological polar surface area (TPSA) is 74.7 Å². The van der Waals surface area contributed by atoms with Crippen LogP contribution < -0.4 is 0 Å². The van der Waals surface area contributed by atoms with Crippen molar-refractivity contribution in [3.05, 3.63) is 82.0 Å². The van der Waals surface area contributed by atoms with Crippen LogP contribution in [0.15, 0.2) is 66.0 Å². The van der Waals surface area contributed by atoms with Crippen LogP contribution in [0.1, 0.15) is 39.6 Å². The molecule has 2 heterocycles. The van der Waals surface area contributed by atoms with E-state index in [1.807, 2.05) is 54.6 Å². The first-order valence-electron chi connectivity index (χ1n) is 9.87. The number of benzene rings is 2. The van der Waals surface area contributed by atoms with Crippen molar-refractivity contribution in [2.75, 3.05) is 13.1 Å². The van der Waals surface area contributed by atoms with E-state index >= 15 is 0 Å². The fraction of sp³-hybridized carbons (Fsp3) is 0.261. The molecule has 0 aliphatic carbocycles. The second kappa shape index (κ2) is 8.71. The van der Waals surface area contributed by atoms with E-state index in [0.29, 0.717) is 18.0 Å². The summed E-state index contributed by atoms with van der Waals surface area (Å²) in [5.41, 5.74) is 3.56. The van der Waals surface area contributed by atoms with E-state index in [2.05, 4.69) is 6.07 Å². The van der Waals surface area contributed by atoms with Gasteiger partial charge in [0, 0.05) is 18.7 Å². The Morgan fingerprint density at radius 3 is 2.47 bits per heavy atom. The highest BCUT2D eigenvalue weighted by Gasteiger charge is 2.29. The molecule has 1 aliphatic heterocycles. The lowest BCUT2D eigenvalue weighted by Crippen LogP contribution is -2.38. The van der Waals surface area contributed by atoms with E-state index in [1.165, 1.54) is 11.3 Å². The lowest BCUT2D eigenvalue weighted by atomic mass is 9.88. The normalized spacial score (nSPS) is 15.9. The standard InChI is InChI=1S/C23H23NO4S2/c25-23(26)22-21(11-14-29-22)20-8-4-7-19(15-20)18-9-12-24(13-10-18)30(27,28)16-17-5-2-1-3-6-17/h1-8,11,14-15,18H,9-10,12-13,16H2,(H,25,26). The first kappa shape index (κ1) is 20.8. The maximum Gasteiger partial charge on any atom is 0.346 e. The van der Waals surface area contributed by atoms with Gasteiger partial charge in [0.1, 0.15) is 4.88 Å². The van der Waals surface area contributed by atoms with Gasteiger partial charge in [0.25, 0.3) is 0 Å². The third kappa shape index (κ3) is 4.48. The van der Waals surface area contributed by atoms with Gasteiger partial charge in [-0.25, -0.2) is 17.5 Å². The number of sulfonamides is 1. The molecule has 4 rings (SSSR count). The van der Waals surface area contributed by atoms with Gasteiger partial charge in [0.05, 0.1) is 5.75 Å². The predicted molar refractivity (Wildman–Crippen MR) is 119 cm³/mol. The molecule has 156 valence electrons. The number of nitrogens with zero attached hydrogens (tertiary/aromatic N) is 1. The van der Waals surface area contributed by atoms with Crippen molar-refractivity contribution in [3.8, 4) is 11.1 Å². The molecule has 3 aromatic rings. The van der Waals surface area contributed by atoms with Crippen LogP contribution >= 0.6 is 11.3 Å². The largest absolute Gasteiger partial charge is 0.477 e. The molecular formula is C23H23NO4S2. The molecule has 0 saturated carbocycles. The number of piperidine rings is 1. The monoisotopic (exact) mass is 441 g/mol. The lowest BCUT2D eigenvalue weighted by molar-refractivity contribution is 0.0703. The molecule has 1 aromatic heterocycles. The summed E-state index contributed by atoms with van der Waals surface area (Å²) in [4.78, 5) is 11.8. The van der Waals surface area contributed by atoms with Crippen LogP contribution in [0.25, 0.3) is 11.1 Å². The number of carboxylic acids is 1. The molecule has 0 atom stereocenters. The SMILES string of the molecule is O=C(O)c1sccc1-c1cccc(C2CCN(S(=O)(=O)Cc3ccccc3)CC2)c1. The minimum absolute atomic E-state index is 0.0319. The van der Waals surface area contributed by atoms with Crippen LogP contribution in [0, 0.1) is 0 Å². The number of carboxylic acid groups (broad SMARTS) is 1. The average molecular weight is 442 g/mol. The summed E-state index contributed by atoms with van der Waals surface area (Å²) in [5.74, 6) is -0.619. The summed E-state index contributed by atoms with van der Waals surface area (Å²) in [5, 5.41) is 11.2. The maximum absolute atomic E-state index is 12.8. The molecule has 1 fully saturated rings. The minimum Gasteiger partial charge on any atom is -0.477 e. The molecule has 0 spiro atoms. The fourth-order valence-electron chi connectivity index (χ4n) is 4.01. The summed E-state index contributed by atoms with van der Waals surface area (Å²) < 4.78 is 27.2. The van der Waals surface area contributed by atoms with Gasteiger partial charge in [-0.05, 0) is 46.9 Å². The van der Waals surface area contributed by atoms with Gasteiger partial charge in [-0.3, -0.25) is 0 Å². The summed E-state index contributed by atoms with van der Waals surface area (Å²) in [6.07, 6.45) is 1.51. The van der Waals surface area contributed by atoms with Crippen LogP contribution in [0.3, 0.4) is 0 Å². The van der Waals surface area contributed by atoms with Crippen LogP contribution in [-0.2, 0) is 15.8 Å². The molecule has 7 heteroatoms. The van der Waals surface area contributed by atoms with Crippen molar-refractivity contribution in [1.29, 1.82) is 0 Å². The molecule has 30 heavy (non-hydrogen) atoms. The minimum atomic E-state index is -3.33. The number of carbonyl (C=O) groups is 1. The first-order valence-corrected chi connectivity index (χ1v) is 12.4. The van der Waals surface area contributed by atoms with Crippen molar-refractivity contribution in [1.82, 2.24) is 4.31 Å². The Balaban J connectivity index is 1.46. The third-order valence-corrected chi connectivity index (χ3v) is 8.32. The third-order valence-electron chi connectivity index (χ3n) is 5.57. The van der Waals surface area contributed by atoms with Gasteiger partial charge in [0.15, 0.2) is 0 Å². The highest BCUT2D eigenvalue weighted by atomic mass is 32.2. The Morgan fingerprint density at radius 1 is 1.03 bits per heavy atom. The van der Waals surface area contributed by atoms with E-state index in [9.17, 15) is 18.3 Å². The van der Waals surface area contributed by atoms with Gasteiger partial charge in [-0.15, -0.1) is 11.3 Å². The first-order chi connectivity index (χ1) is 14.4. The highest BCUT2D eigenvalue weighted by Crippen LogP contribution is 2.34. The molecule has 0 bridgehead atoms. The van der Waals surface area contributed by atoms with Crippen LogP contribution in [-0.4, -0.2) is 36.9 Å². The Hall–Kier alpha value is -2.48. The van der Waals surface area contributed by atoms with Crippen LogP contribution in [0.5, 0.6) is 0 Å². The molecule has 1 aliphatic rings. The average Bonchev–Trinajstić information content (AvgIpc) is 3.25. The van der Waals surface area contributed by atoms with Crippen molar-refractivity contribution in [2.45, 2.75) is 24.5 Å². The second-order valence-corrected chi connectivity index (χ2v) is 10.4. The lowest BCUT2D eigenvalue weighted by Gasteiger charge is -2.31. The van der Waals surface area contributed by atoms with Gasteiger partial charge in [-0.1, -0.05) is 54.6 Å². The molecule has 0 amide bonds. The zero-order valence-electron chi connectivity index (χ0n) is 16.4. The highest BCUT2D eigenvalue weighted by molar-refractivity contribution is 7.88. The Morgan fingerprint density at radius 2 is 1.77 bits per heavy atom. The summed E-state index contributed by atoms with van der Waals surface area (Å²) in [6, 6.07) is 19.1. The quantitative estimate of drug-likeness (QED) is 0.595. The molecule has 5 nitrogen and oxygen atoms in total. The van der Waals surface area contributed by atoms with Gasteiger partial charge in [0.2, 0.25) is 10.0 Å².